The first-order valence-corrected chi connectivity index (χ1v) is 9.97. The lowest BCUT2D eigenvalue weighted by Crippen LogP contribution is -2.39. The maximum absolute atomic E-state index is 12.2. The highest BCUT2D eigenvalue weighted by molar-refractivity contribution is 7.15. The van der Waals surface area contributed by atoms with E-state index in [-0.39, 0.29) is 12.1 Å². The summed E-state index contributed by atoms with van der Waals surface area (Å²) in [5, 5.41) is 12.4. The summed E-state index contributed by atoms with van der Waals surface area (Å²) in [6, 6.07) is 6.41. The van der Waals surface area contributed by atoms with Crippen molar-refractivity contribution in [1.29, 1.82) is 0 Å². The molecule has 4 rings (SSSR count). The Labute approximate surface area is 156 Å². The number of hydrogen-bond acceptors (Lipinski definition) is 4. The number of carbonyl (C=O) groups is 1. The van der Waals surface area contributed by atoms with Gasteiger partial charge in [-0.15, -0.1) is 16.4 Å². The summed E-state index contributed by atoms with van der Waals surface area (Å²) in [7, 11) is 0. The normalized spacial score (nSPS) is 15.3. The first kappa shape index (κ1) is 17.0. The van der Waals surface area contributed by atoms with Gasteiger partial charge in [-0.25, -0.2) is 9.31 Å². The highest BCUT2D eigenvalue weighted by Gasteiger charge is 2.18. The first-order chi connectivity index (χ1) is 12.6. The van der Waals surface area contributed by atoms with Gasteiger partial charge >= 0.3 is 6.03 Å². The second-order valence-corrected chi connectivity index (χ2v) is 7.84. The molecule has 26 heavy (non-hydrogen) atoms. The van der Waals surface area contributed by atoms with Crippen molar-refractivity contribution in [2.75, 3.05) is 5.32 Å². The number of thiazole rings is 1. The van der Waals surface area contributed by atoms with Crippen molar-refractivity contribution in [1.82, 2.24) is 19.9 Å². The van der Waals surface area contributed by atoms with Crippen LogP contribution >= 0.6 is 11.3 Å². The van der Waals surface area contributed by atoms with Gasteiger partial charge in [0.05, 0.1) is 5.69 Å². The molecule has 2 aromatic heterocycles. The van der Waals surface area contributed by atoms with Gasteiger partial charge in [0, 0.05) is 17.0 Å². The fourth-order valence-corrected chi connectivity index (χ4v) is 4.41. The van der Waals surface area contributed by atoms with E-state index in [9.17, 15) is 4.79 Å². The second kappa shape index (κ2) is 7.07. The van der Waals surface area contributed by atoms with Gasteiger partial charge in [-0.2, -0.15) is 4.98 Å². The van der Waals surface area contributed by atoms with Crippen molar-refractivity contribution < 1.29 is 4.79 Å². The van der Waals surface area contributed by atoms with Gasteiger partial charge in [-0.05, 0) is 32.3 Å². The summed E-state index contributed by atoms with van der Waals surface area (Å²) in [4.78, 5) is 17.4. The van der Waals surface area contributed by atoms with Crippen molar-refractivity contribution in [3.63, 3.8) is 0 Å². The lowest BCUT2D eigenvalue weighted by Gasteiger charge is -2.22. The van der Waals surface area contributed by atoms with Crippen molar-refractivity contribution in [2.45, 2.75) is 52.0 Å². The molecule has 0 atom stereocenters. The summed E-state index contributed by atoms with van der Waals surface area (Å²) in [6.07, 6.45) is 5.73. The number of amides is 2. The molecule has 0 spiro atoms. The number of benzene rings is 1. The predicted octanol–water partition coefficient (Wildman–Crippen LogP) is 4.53. The molecular formula is C19H23N5OS. The Bertz CT molecular complexity index is 939. The van der Waals surface area contributed by atoms with Crippen LogP contribution in [-0.4, -0.2) is 26.7 Å². The van der Waals surface area contributed by atoms with Crippen molar-refractivity contribution in [3.05, 3.63) is 34.7 Å². The van der Waals surface area contributed by atoms with Crippen LogP contribution in [0.3, 0.4) is 0 Å². The Morgan fingerprint density at radius 3 is 2.81 bits per heavy atom. The van der Waals surface area contributed by atoms with Crippen LogP contribution in [0, 0.1) is 13.8 Å². The van der Waals surface area contributed by atoms with Crippen LogP contribution < -0.4 is 10.6 Å². The Hall–Kier alpha value is -2.41. The van der Waals surface area contributed by atoms with Crippen molar-refractivity contribution in [2.24, 2.45) is 0 Å². The zero-order chi connectivity index (χ0) is 18.1. The zero-order valence-corrected chi connectivity index (χ0v) is 15.9. The molecule has 1 aromatic carbocycles. The fraction of sp³-hybridized carbons (Fsp3) is 0.421. The van der Waals surface area contributed by atoms with Crippen LogP contribution in [0.4, 0.5) is 10.7 Å². The molecule has 0 aliphatic heterocycles. The number of aryl methyl sites for hydroxylation is 2. The number of anilines is 1. The smallest absolute Gasteiger partial charge is 0.321 e. The van der Waals surface area contributed by atoms with Gasteiger partial charge in [0.2, 0.25) is 4.96 Å². The lowest BCUT2D eigenvalue weighted by atomic mass is 9.96. The molecule has 136 valence electrons. The largest absolute Gasteiger partial charge is 0.335 e. The topological polar surface area (TPSA) is 71.3 Å². The number of carbonyl (C=O) groups excluding carboxylic acids is 1. The maximum atomic E-state index is 12.2. The molecule has 1 saturated carbocycles. The highest BCUT2D eigenvalue weighted by Crippen LogP contribution is 2.29. The Morgan fingerprint density at radius 2 is 2.04 bits per heavy atom. The second-order valence-electron chi connectivity index (χ2n) is 7.00. The van der Waals surface area contributed by atoms with Gasteiger partial charge in [-0.1, -0.05) is 43.0 Å². The van der Waals surface area contributed by atoms with Crippen LogP contribution in [0.15, 0.2) is 23.6 Å². The molecule has 0 radical (unpaired) electrons. The van der Waals surface area contributed by atoms with Crippen LogP contribution in [0.2, 0.25) is 0 Å². The van der Waals surface area contributed by atoms with Gasteiger partial charge in [0.15, 0.2) is 0 Å². The molecule has 0 unspecified atom stereocenters. The van der Waals surface area contributed by atoms with Gasteiger partial charge in [-0.3, -0.25) is 5.32 Å². The van der Waals surface area contributed by atoms with E-state index < -0.39 is 0 Å². The van der Waals surface area contributed by atoms with E-state index in [1.54, 1.807) is 4.52 Å². The molecule has 6 nitrogen and oxygen atoms in total. The Balaban J connectivity index is 1.53. The first-order valence-electron chi connectivity index (χ1n) is 9.09. The number of fused-ring (bicyclic) bond motifs is 1. The monoisotopic (exact) mass is 369 g/mol. The molecule has 0 saturated heterocycles. The summed E-state index contributed by atoms with van der Waals surface area (Å²) in [6.45, 7) is 4.18. The average molecular weight is 369 g/mol. The quantitative estimate of drug-likeness (QED) is 0.712. The molecule has 0 bridgehead atoms. The molecule has 2 heterocycles. The molecule has 2 N–H and O–H groups in total. The number of urea groups is 1. The Morgan fingerprint density at radius 1 is 1.23 bits per heavy atom. The van der Waals surface area contributed by atoms with Crippen LogP contribution in [0.1, 0.15) is 43.2 Å². The number of nitrogens with zero attached hydrogens (tertiary/aromatic N) is 3. The molecule has 7 heteroatoms. The number of hydrogen-bond donors (Lipinski definition) is 2. The molecule has 1 fully saturated rings. The molecule has 1 aliphatic rings. The summed E-state index contributed by atoms with van der Waals surface area (Å²) < 4.78 is 1.80. The number of aromatic nitrogens is 3. The minimum Gasteiger partial charge on any atom is -0.335 e. The summed E-state index contributed by atoms with van der Waals surface area (Å²) in [5.74, 6) is 0.344. The Kier molecular flexibility index (Phi) is 4.63. The third-order valence-electron chi connectivity index (χ3n) is 4.91. The van der Waals surface area contributed by atoms with Crippen LogP contribution in [-0.2, 0) is 0 Å². The van der Waals surface area contributed by atoms with Crippen LogP contribution in [0.25, 0.3) is 16.2 Å². The lowest BCUT2D eigenvalue weighted by molar-refractivity contribution is 0.244. The van der Waals surface area contributed by atoms with E-state index in [4.69, 9.17) is 0 Å². The third-order valence-corrected chi connectivity index (χ3v) is 5.72. The van der Waals surface area contributed by atoms with E-state index in [2.05, 4.69) is 58.1 Å². The molecule has 3 aromatic rings. The van der Waals surface area contributed by atoms with Gasteiger partial charge in [0.25, 0.3) is 5.95 Å². The number of nitrogens with one attached hydrogen (secondary N) is 2. The zero-order valence-electron chi connectivity index (χ0n) is 15.1. The third kappa shape index (κ3) is 3.44. The van der Waals surface area contributed by atoms with Crippen LogP contribution in [0.5, 0.6) is 0 Å². The van der Waals surface area contributed by atoms with Gasteiger partial charge < -0.3 is 5.32 Å². The summed E-state index contributed by atoms with van der Waals surface area (Å²) >= 11 is 1.52. The number of rotatable bonds is 3. The SMILES string of the molecule is Cc1ccc(-c2csc3nc(NC(=O)NC4CCCCC4)nn23)c(C)c1. The average Bonchev–Trinajstić information content (AvgIpc) is 3.16. The molecular weight excluding hydrogens is 346 g/mol. The van der Waals surface area contributed by atoms with Gasteiger partial charge in [0.1, 0.15) is 0 Å². The maximum Gasteiger partial charge on any atom is 0.321 e. The van der Waals surface area contributed by atoms with Crippen molar-refractivity contribution in [3.8, 4) is 11.3 Å². The van der Waals surface area contributed by atoms with E-state index in [1.165, 1.54) is 41.7 Å². The molecule has 1 aliphatic carbocycles. The van der Waals surface area contributed by atoms with Crippen molar-refractivity contribution >= 4 is 28.3 Å². The minimum absolute atomic E-state index is 0.219. The van der Waals surface area contributed by atoms with E-state index in [0.29, 0.717) is 5.95 Å². The summed E-state index contributed by atoms with van der Waals surface area (Å²) in [5.41, 5.74) is 4.56. The standard InChI is InChI=1S/C19H23N5OS/c1-12-8-9-15(13(2)10-12)16-11-26-19-22-17(23-24(16)19)21-18(25)20-14-6-4-3-5-7-14/h8-11,14H,3-7H2,1-2H3,(H2,20,21,23,25). The predicted molar refractivity (Wildman–Crippen MR) is 105 cm³/mol. The van der Waals surface area contributed by atoms with E-state index in [1.807, 2.05) is 0 Å². The van der Waals surface area contributed by atoms with E-state index >= 15 is 0 Å². The highest BCUT2D eigenvalue weighted by atomic mass is 32.1. The van der Waals surface area contributed by atoms with E-state index in [0.717, 1.165) is 29.1 Å². The fourth-order valence-electron chi connectivity index (χ4n) is 3.59. The molecule has 2 amide bonds. The minimum atomic E-state index is -0.219.